The van der Waals surface area contributed by atoms with Gasteiger partial charge in [0.2, 0.25) is 0 Å². The van der Waals surface area contributed by atoms with E-state index < -0.39 is 6.23 Å². The molecule has 0 amide bonds. The van der Waals surface area contributed by atoms with Gasteiger partial charge >= 0.3 is 0 Å². The van der Waals surface area contributed by atoms with Crippen molar-refractivity contribution in [3.8, 4) is 0 Å². The summed E-state index contributed by atoms with van der Waals surface area (Å²) in [5, 5.41) is 11.5. The second kappa shape index (κ2) is 4.83. The van der Waals surface area contributed by atoms with Crippen LogP contribution in [0.4, 0.5) is 0 Å². The molecule has 1 fully saturated rings. The monoisotopic (exact) mass is 170 g/mol. The normalized spacial score (nSPS) is 28.8. The second-order valence-electron chi connectivity index (χ2n) is 3.66. The minimum atomic E-state index is -0.449. The van der Waals surface area contributed by atoms with Crippen LogP contribution in [0.1, 0.15) is 46.0 Å². The van der Waals surface area contributed by atoms with Gasteiger partial charge in [-0.05, 0) is 25.7 Å². The van der Waals surface area contributed by atoms with Crippen molar-refractivity contribution in [3.05, 3.63) is 0 Å². The third-order valence-electron chi connectivity index (χ3n) is 2.86. The number of rotatable bonds is 3. The van der Waals surface area contributed by atoms with Crippen molar-refractivity contribution in [2.24, 2.45) is 0 Å². The van der Waals surface area contributed by atoms with Gasteiger partial charge in [0, 0.05) is 12.6 Å². The largest absolute Gasteiger partial charge is 0.273 e. The molecule has 0 aromatic rings. The first-order valence-corrected chi connectivity index (χ1v) is 5.21. The van der Waals surface area contributed by atoms with Crippen LogP contribution < -0.4 is 0 Å². The highest BCUT2D eigenvalue weighted by molar-refractivity contribution is 4.76. The van der Waals surface area contributed by atoms with E-state index in [9.17, 15) is 5.11 Å². The number of piperidine rings is 1. The lowest BCUT2D eigenvalue weighted by molar-refractivity contribution is -0.0845. The van der Waals surface area contributed by atoms with Crippen LogP contribution in [0.25, 0.3) is 0 Å². The summed E-state index contributed by atoms with van der Waals surface area (Å²) in [7, 11) is 0. The van der Waals surface area contributed by atoms with Gasteiger partial charge in [-0.25, -0.2) is 5.11 Å². The summed E-state index contributed by atoms with van der Waals surface area (Å²) in [6.45, 7) is 5.20. The topological polar surface area (TPSA) is 23.1 Å². The SMILES string of the molecule is CCC([O])N1CCCCC1CC. The fourth-order valence-electron chi connectivity index (χ4n) is 2.08. The minimum absolute atomic E-state index is 0.449. The molecule has 1 aliphatic heterocycles. The summed E-state index contributed by atoms with van der Waals surface area (Å²) in [4.78, 5) is 2.16. The van der Waals surface area contributed by atoms with Crippen molar-refractivity contribution in [2.75, 3.05) is 6.54 Å². The number of likely N-dealkylation sites (tertiary alicyclic amines) is 1. The Labute approximate surface area is 75.6 Å². The van der Waals surface area contributed by atoms with Gasteiger partial charge in [-0.2, -0.15) is 0 Å². The van der Waals surface area contributed by atoms with Crippen LogP contribution in [0.3, 0.4) is 0 Å². The number of nitrogens with zero attached hydrogens (tertiary/aromatic N) is 1. The molecule has 0 spiro atoms. The van der Waals surface area contributed by atoms with Crippen LogP contribution in [0.15, 0.2) is 0 Å². The summed E-state index contributed by atoms with van der Waals surface area (Å²) in [5.41, 5.74) is 0. The minimum Gasteiger partial charge on any atom is -0.273 e. The van der Waals surface area contributed by atoms with E-state index in [0.717, 1.165) is 19.4 Å². The first-order valence-electron chi connectivity index (χ1n) is 5.21. The van der Waals surface area contributed by atoms with Gasteiger partial charge in [0.05, 0.1) is 0 Å². The molecule has 2 atom stereocenters. The molecule has 0 aliphatic carbocycles. The molecule has 2 nitrogen and oxygen atoms in total. The molecule has 0 aromatic carbocycles. The van der Waals surface area contributed by atoms with Crippen LogP contribution >= 0.6 is 0 Å². The zero-order valence-corrected chi connectivity index (χ0v) is 8.25. The first-order chi connectivity index (χ1) is 5.79. The van der Waals surface area contributed by atoms with Crippen LogP contribution in [0, 0.1) is 0 Å². The Morgan fingerprint density at radius 1 is 1.42 bits per heavy atom. The zero-order chi connectivity index (χ0) is 8.97. The molecule has 2 heteroatoms. The number of hydrogen-bond donors (Lipinski definition) is 0. The Hall–Kier alpha value is -0.0800. The fourth-order valence-corrected chi connectivity index (χ4v) is 2.08. The summed E-state index contributed by atoms with van der Waals surface area (Å²) in [6, 6.07) is 0.571. The number of hydrogen-bond acceptors (Lipinski definition) is 1. The standard InChI is InChI=1S/C10H20NO/c1-3-9-7-5-6-8-11(9)10(12)4-2/h9-10H,3-8H2,1-2H3. The van der Waals surface area contributed by atoms with Gasteiger partial charge in [-0.15, -0.1) is 0 Å². The maximum Gasteiger partial charge on any atom is 0.146 e. The molecule has 1 radical (unpaired) electrons. The van der Waals surface area contributed by atoms with E-state index in [1.807, 2.05) is 6.92 Å². The molecule has 0 saturated carbocycles. The maximum atomic E-state index is 11.5. The quantitative estimate of drug-likeness (QED) is 0.638. The predicted molar refractivity (Wildman–Crippen MR) is 49.4 cm³/mol. The Morgan fingerprint density at radius 2 is 2.17 bits per heavy atom. The zero-order valence-electron chi connectivity index (χ0n) is 8.25. The van der Waals surface area contributed by atoms with Crippen molar-refractivity contribution in [3.63, 3.8) is 0 Å². The van der Waals surface area contributed by atoms with Gasteiger partial charge in [0.1, 0.15) is 6.23 Å². The Balaban J connectivity index is 2.46. The van der Waals surface area contributed by atoms with Gasteiger partial charge in [0.15, 0.2) is 0 Å². The highest BCUT2D eigenvalue weighted by Gasteiger charge is 2.25. The fraction of sp³-hybridized carbons (Fsp3) is 1.00. The molecule has 0 bridgehead atoms. The lowest BCUT2D eigenvalue weighted by atomic mass is 9.99. The first kappa shape index (κ1) is 10.0. The lowest BCUT2D eigenvalue weighted by Gasteiger charge is -2.37. The lowest BCUT2D eigenvalue weighted by Crippen LogP contribution is -2.45. The van der Waals surface area contributed by atoms with E-state index in [2.05, 4.69) is 11.8 Å². The predicted octanol–water partition coefficient (Wildman–Crippen LogP) is 2.42. The van der Waals surface area contributed by atoms with Crippen molar-refractivity contribution in [1.29, 1.82) is 0 Å². The molecule has 1 aliphatic rings. The molecule has 1 heterocycles. The van der Waals surface area contributed by atoms with Gasteiger partial charge in [0.25, 0.3) is 0 Å². The molecule has 0 N–H and O–H groups in total. The molecule has 1 rings (SSSR count). The van der Waals surface area contributed by atoms with Crippen molar-refractivity contribution < 1.29 is 5.11 Å². The summed E-state index contributed by atoms with van der Waals surface area (Å²) in [6.07, 6.45) is 5.20. The molecule has 0 aromatic heterocycles. The van der Waals surface area contributed by atoms with Gasteiger partial charge in [-0.3, -0.25) is 4.90 Å². The molecule has 1 saturated heterocycles. The van der Waals surface area contributed by atoms with Gasteiger partial charge < -0.3 is 0 Å². The van der Waals surface area contributed by atoms with Crippen molar-refractivity contribution >= 4 is 0 Å². The second-order valence-corrected chi connectivity index (χ2v) is 3.66. The van der Waals surface area contributed by atoms with Crippen LogP contribution in [-0.2, 0) is 5.11 Å². The van der Waals surface area contributed by atoms with E-state index in [1.165, 1.54) is 19.3 Å². The maximum absolute atomic E-state index is 11.5. The van der Waals surface area contributed by atoms with Crippen molar-refractivity contribution in [2.45, 2.75) is 58.2 Å². The highest BCUT2D eigenvalue weighted by atomic mass is 16.3. The molecular weight excluding hydrogens is 150 g/mol. The van der Waals surface area contributed by atoms with Crippen molar-refractivity contribution in [1.82, 2.24) is 4.90 Å². The summed E-state index contributed by atoms with van der Waals surface area (Å²) in [5.74, 6) is 0. The molecular formula is C10H20NO. The summed E-state index contributed by atoms with van der Waals surface area (Å²) >= 11 is 0. The van der Waals surface area contributed by atoms with E-state index in [0.29, 0.717) is 6.04 Å². The Morgan fingerprint density at radius 3 is 2.75 bits per heavy atom. The molecule has 12 heavy (non-hydrogen) atoms. The molecule has 2 unspecified atom stereocenters. The summed E-state index contributed by atoms with van der Waals surface area (Å²) < 4.78 is 0. The third kappa shape index (κ3) is 2.20. The Bertz CT molecular complexity index is 127. The average Bonchev–Trinajstić information content (AvgIpc) is 2.16. The van der Waals surface area contributed by atoms with Crippen LogP contribution in [-0.4, -0.2) is 23.7 Å². The van der Waals surface area contributed by atoms with E-state index in [1.54, 1.807) is 0 Å². The van der Waals surface area contributed by atoms with E-state index in [4.69, 9.17) is 0 Å². The highest BCUT2D eigenvalue weighted by Crippen LogP contribution is 2.21. The van der Waals surface area contributed by atoms with E-state index in [-0.39, 0.29) is 0 Å². The smallest absolute Gasteiger partial charge is 0.146 e. The van der Waals surface area contributed by atoms with Gasteiger partial charge in [-0.1, -0.05) is 20.3 Å². The van der Waals surface area contributed by atoms with E-state index >= 15 is 0 Å². The average molecular weight is 170 g/mol. The third-order valence-corrected chi connectivity index (χ3v) is 2.86. The molecule has 71 valence electrons. The Kier molecular flexibility index (Phi) is 4.02. The van der Waals surface area contributed by atoms with Crippen LogP contribution in [0.2, 0.25) is 0 Å². The van der Waals surface area contributed by atoms with Crippen LogP contribution in [0.5, 0.6) is 0 Å².